The van der Waals surface area contributed by atoms with E-state index < -0.39 is 0 Å². The summed E-state index contributed by atoms with van der Waals surface area (Å²) >= 11 is 0. The number of amides is 1. The molecule has 2 unspecified atom stereocenters. The van der Waals surface area contributed by atoms with Gasteiger partial charge in [-0.1, -0.05) is 0 Å². The van der Waals surface area contributed by atoms with Gasteiger partial charge in [-0.25, -0.2) is 0 Å². The summed E-state index contributed by atoms with van der Waals surface area (Å²) in [7, 11) is 0. The van der Waals surface area contributed by atoms with Crippen molar-refractivity contribution in [3.05, 3.63) is 0 Å². The Kier molecular flexibility index (Phi) is 2.44. The Hall–Kier alpha value is -0.610. The van der Waals surface area contributed by atoms with E-state index in [9.17, 15) is 4.79 Å². The van der Waals surface area contributed by atoms with Crippen LogP contribution in [0.25, 0.3) is 0 Å². The number of hydrogen-bond donors (Lipinski definition) is 1. The number of fused-ring (bicyclic) bond motifs is 2. The van der Waals surface area contributed by atoms with Crippen LogP contribution in [0.3, 0.4) is 0 Å². The van der Waals surface area contributed by atoms with Crippen molar-refractivity contribution >= 4 is 5.91 Å². The van der Waals surface area contributed by atoms with Gasteiger partial charge in [-0.3, -0.25) is 4.79 Å². The van der Waals surface area contributed by atoms with Crippen LogP contribution in [-0.4, -0.2) is 41.6 Å². The molecule has 3 fully saturated rings. The summed E-state index contributed by atoms with van der Waals surface area (Å²) in [5.74, 6) is 0.238. The van der Waals surface area contributed by atoms with Crippen molar-refractivity contribution in [2.75, 3.05) is 13.1 Å². The normalized spacial score (nSPS) is 35.9. The zero-order chi connectivity index (χ0) is 11.2. The number of carbonyl (C=O) groups excluding carboxylic acids is 1. The Labute approximate surface area is 96.1 Å². The molecule has 16 heavy (non-hydrogen) atoms. The monoisotopic (exact) mass is 224 g/mol. The molecule has 2 aliphatic heterocycles. The lowest BCUT2D eigenvalue weighted by molar-refractivity contribution is -0.141. The maximum atomic E-state index is 12.1. The minimum Gasteiger partial charge on any atom is -0.371 e. The summed E-state index contributed by atoms with van der Waals surface area (Å²) in [6.45, 7) is 1.57. The number of carbonyl (C=O) groups is 1. The van der Waals surface area contributed by atoms with E-state index in [-0.39, 0.29) is 23.7 Å². The van der Waals surface area contributed by atoms with E-state index in [0.29, 0.717) is 6.42 Å². The number of nitrogens with two attached hydrogens (primary N) is 1. The summed E-state index contributed by atoms with van der Waals surface area (Å²) in [6.07, 6.45) is 6.54. The molecule has 2 N–H and O–H groups in total. The highest BCUT2D eigenvalue weighted by molar-refractivity contribution is 5.77. The van der Waals surface area contributed by atoms with Crippen LogP contribution in [-0.2, 0) is 9.53 Å². The van der Waals surface area contributed by atoms with Crippen LogP contribution in [0, 0.1) is 0 Å². The summed E-state index contributed by atoms with van der Waals surface area (Å²) < 4.78 is 5.72. The number of likely N-dealkylation sites (tertiary alicyclic amines) is 1. The van der Waals surface area contributed by atoms with E-state index in [1.54, 1.807) is 0 Å². The molecule has 1 amide bonds. The molecule has 0 aromatic rings. The Morgan fingerprint density at radius 1 is 1.31 bits per heavy atom. The minimum absolute atomic E-state index is 0.186. The van der Waals surface area contributed by atoms with Crippen LogP contribution in [0.1, 0.15) is 38.5 Å². The fourth-order valence-corrected chi connectivity index (χ4v) is 3.04. The van der Waals surface area contributed by atoms with Gasteiger partial charge in [0.1, 0.15) is 0 Å². The topological polar surface area (TPSA) is 55.6 Å². The van der Waals surface area contributed by atoms with Crippen molar-refractivity contribution in [3.8, 4) is 0 Å². The maximum absolute atomic E-state index is 12.1. The van der Waals surface area contributed by atoms with Gasteiger partial charge in [0, 0.05) is 25.0 Å². The molecule has 0 spiro atoms. The van der Waals surface area contributed by atoms with Crippen LogP contribution in [0.4, 0.5) is 0 Å². The molecule has 2 bridgehead atoms. The summed E-state index contributed by atoms with van der Waals surface area (Å²) in [4.78, 5) is 14.1. The molecule has 0 aromatic carbocycles. The van der Waals surface area contributed by atoms with Gasteiger partial charge in [-0.15, -0.1) is 0 Å². The summed E-state index contributed by atoms with van der Waals surface area (Å²) in [6, 6.07) is 0. The van der Waals surface area contributed by atoms with Crippen LogP contribution in [0.15, 0.2) is 0 Å². The molecular weight excluding hydrogens is 204 g/mol. The average molecular weight is 224 g/mol. The van der Waals surface area contributed by atoms with E-state index >= 15 is 0 Å². The van der Waals surface area contributed by atoms with Gasteiger partial charge in [0.2, 0.25) is 5.91 Å². The van der Waals surface area contributed by atoms with Crippen molar-refractivity contribution in [1.29, 1.82) is 0 Å². The van der Waals surface area contributed by atoms with Gasteiger partial charge in [-0.05, 0) is 32.1 Å². The first-order valence-corrected chi connectivity index (χ1v) is 6.37. The smallest absolute Gasteiger partial charge is 0.224 e. The molecule has 90 valence electrons. The van der Waals surface area contributed by atoms with Crippen LogP contribution < -0.4 is 5.73 Å². The van der Waals surface area contributed by atoms with Gasteiger partial charge in [0.15, 0.2) is 0 Å². The lowest BCUT2D eigenvalue weighted by Crippen LogP contribution is -2.53. The van der Waals surface area contributed by atoms with Crippen molar-refractivity contribution < 1.29 is 9.53 Å². The standard InChI is InChI=1S/C12H20N2O2/c13-12(4-1-5-12)6-11(15)14-7-9-2-3-10(8-14)16-9/h9-10H,1-8,13H2. The maximum Gasteiger partial charge on any atom is 0.224 e. The van der Waals surface area contributed by atoms with Crippen molar-refractivity contribution in [2.45, 2.75) is 56.3 Å². The first-order valence-electron chi connectivity index (χ1n) is 6.37. The fraction of sp³-hybridized carbons (Fsp3) is 0.917. The number of hydrogen-bond acceptors (Lipinski definition) is 3. The molecule has 0 radical (unpaired) electrons. The van der Waals surface area contributed by atoms with Crippen molar-refractivity contribution in [3.63, 3.8) is 0 Å². The van der Waals surface area contributed by atoms with E-state index in [2.05, 4.69) is 0 Å². The molecule has 2 saturated heterocycles. The number of nitrogens with zero attached hydrogens (tertiary/aromatic N) is 1. The van der Waals surface area contributed by atoms with Crippen LogP contribution in [0.2, 0.25) is 0 Å². The average Bonchev–Trinajstić information content (AvgIpc) is 2.55. The second-order valence-electron chi connectivity index (χ2n) is 5.65. The predicted molar refractivity (Wildman–Crippen MR) is 59.9 cm³/mol. The molecule has 1 saturated carbocycles. The Morgan fingerprint density at radius 3 is 2.44 bits per heavy atom. The lowest BCUT2D eigenvalue weighted by Gasteiger charge is -2.40. The van der Waals surface area contributed by atoms with E-state index in [1.165, 1.54) is 6.42 Å². The summed E-state index contributed by atoms with van der Waals surface area (Å²) in [5, 5.41) is 0. The predicted octanol–water partition coefficient (Wildman–Crippen LogP) is 0.648. The minimum atomic E-state index is -0.186. The summed E-state index contributed by atoms with van der Waals surface area (Å²) in [5.41, 5.74) is 5.93. The first-order chi connectivity index (χ1) is 7.65. The quantitative estimate of drug-likeness (QED) is 0.749. The number of rotatable bonds is 2. The highest BCUT2D eigenvalue weighted by Gasteiger charge is 2.40. The molecule has 0 aromatic heterocycles. The Morgan fingerprint density at radius 2 is 1.94 bits per heavy atom. The number of ether oxygens (including phenoxy) is 1. The van der Waals surface area contributed by atoms with Gasteiger partial charge >= 0.3 is 0 Å². The third-order valence-electron chi connectivity index (χ3n) is 4.25. The zero-order valence-corrected chi connectivity index (χ0v) is 9.65. The second-order valence-corrected chi connectivity index (χ2v) is 5.65. The number of morpholine rings is 1. The SMILES string of the molecule is NC1(CC(=O)N2CC3CCC(C2)O3)CCC1. The zero-order valence-electron chi connectivity index (χ0n) is 9.65. The molecule has 2 atom stereocenters. The van der Waals surface area contributed by atoms with Crippen molar-refractivity contribution in [1.82, 2.24) is 4.90 Å². The first kappa shape index (κ1) is 10.5. The molecule has 4 heteroatoms. The Bertz CT molecular complexity index is 289. The van der Waals surface area contributed by atoms with E-state index in [1.807, 2.05) is 4.90 Å². The van der Waals surface area contributed by atoms with E-state index in [0.717, 1.165) is 38.8 Å². The van der Waals surface area contributed by atoms with E-state index in [4.69, 9.17) is 10.5 Å². The van der Waals surface area contributed by atoms with Crippen LogP contribution >= 0.6 is 0 Å². The third kappa shape index (κ3) is 1.84. The highest BCUT2D eigenvalue weighted by atomic mass is 16.5. The highest BCUT2D eigenvalue weighted by Crippen LogP contribution is 2.34. The third-order valence-corrected chi connectivity index (χ3v) is 4.25. The van der Waals surface area contributed by atoms with Gasteiger partial charge < -0.3 is 15.4 Å². The second kappa shape index (κ2) is 3.70. The molecular formula is C12H20N2O2. The van der Waals surface area contributed by atoms with Gasteiger partial charge in [0.25, 0.3) is 0 Å². The van der Waals surface area contributed by atoms with Gasteiger partial charge in [-0.2, -0.15) is 0 Å². The molecule has 2 heterocycles. The molecule has 4 nitrogen and oxygen atoms in total. The van der Waals surface area contributed by atoms with Crippen LogP contribution in [0.5, 0.6) is 0 Å². The Balaban J connectivity index is 1.58. The molecule has 3 aliphatic rings. The molecule has 3 rings (SSSR count). The lowest BCUT2D eigenvalue weighted by atomic mass is 9.75. The fourth-order valence-electron chi connectivity index (χ4n) is 3.04. The molecule has 1 aliphatic carbocycles. The van der Waals surface area contributed by atoms with Crippen molar-refractivity contribution in [2.24, 2.45) is 5.73 Å². The largest absolute Gasteiger partial charge is 0.371 e. The van der Waals surface area contributed by atoms with Gasteiger partial charge in [0.05, 0.1) is 12.2 Å².